The first-order valence-electron chi connectivity index (χ1n) is 7.13. The number of hydrogen-bond acceptors (Lipinski definition) is 5. The van der Waals surface area contributed by atoms with Gasteiger partial charge in [-0.05, 0) is 52.2 Å². The summed E-state index contributed by atoms with van der Waals surface area (Å²) in [5.41, 5.74) is 0.943. The molecule has 1 aromatic carbocycles. The topological polar surface area (TPSA) is 98.0 Å². The van der Waals surface area contributed by atoms with Crippen LogP contribution in [0.15, 0.2) is 58.8 Å². The third-order valence-corrected chi connectivity index (χ3v) is 3.56. The molecule has 2 aromatic rings. The molecular weight excluding hydrogens is 372 g/mol. The van der Waals surface area contributed by atoms with Crippen LogP contribution >= 0.6 is 15.9 Å². The van der Waals surface area contributed by atoms with Crippen molar-refractivity contribution >= 4 is 27.7 Å². The van der Waals surface area contributed by atoms with E-state index < -0.39 is 5.91 Å². The molecule has 0 spiro atoms. The largest absolute Gasteiger partial charge is 0.508 e. The zero-order valence-electron chi connectivity index (χ0n) is 12.7. The Kier molecular flexibility index (Phi) is 6.34. The van der Waals surface area contributed by atoms with Gasteiger partial charge in [0.25, 0.3) is 5.91 Å². The second-order valence-corrected chi connectivity index (χ2v) is 5.76. The lowest BCUT2D eigenvalue weighted by atomic mass is 10.1. The highest BCUT2D eigenvalue weighted by atomic mass is 79.9. The molecule has 3 N–H and O–H groups in total. The number of rotatable bonds is 6. The maximum absolute atomic E-state index is 12.0. The normalized spacial score (nSPS) is 10.8. The number of benzene rings is 1. The second-order valence-electron chi connectivity index (χ2n) is 4.85. The molecule has 122 valence electrons. The number of phenols is 1. The maximum Gasteiger partial charge on any atom is 0.263 e. The van der Waals surface area contributed by atoms with Gasteiger partial charge in [-0.2, -0.15) is 5.26 Å². The summed E-state index contributed by atoms with van der Waals surface area (Å²) in [5, 5.41) is 23.8. The van der Waals surface area contributed by atoms with Gasteiger partial charge in [0.2, 0.25) is 0 Å². The van der Waals surface area contributed by atoms with Crippen molar-refractivity contribution in [1.82, 2.24) is 10.3 Å². The number of nitriles is 1. The van der Waals surface area contributed by atoms with Crippen LogP contribution in [-0.2, 0) is 11.2 Å². The number of carbonyl (C=O) groups excluding carboxylic acids is 1. The summed E-state index contributed by atoms with van der Waals surface area (Å²) in [6.45, 7) is 0.388. The molecule has 0 aliphatic rings. The number of aromatic nitrogens is 1. The third kappa shape index (κ3) is 5.41. The number of carbonyl (C=O) groups is 1. The number of halogens is 1. The van der Waals surface area contributed by atoms with Gasteiger partial charge in [0.05, 0.1) is 0 Å². The highest BCUT2D eigenvalue weighted by Gasteiger charge is 2.08. The van der Waals surface area contributed by atoms with E-state index in [1.54, 1.807) is 42.6 Å². The molecule has 24 heavy (non-hydrogen) atoms. The van der Waals surface area contributed by atoms with Crippen molar-refractivity contribution in [1.29, 1.82) is 5.26 Å². The van der Waals surface area contributed by atoms with Crippen LogP contribution in [0.5, 0.6) is 5.75 Å². The Hall–Kier alpha value is -2.85. The van der Waals surface area contributed by atoms with E-state index in [2.05, 4.69) is 31.5 Å². The quantitative estimate of drug-likeness (QED) is 0.523. The Bertz CT molecular complexity index is 765. The summed E-state index contributed by atoms with van der Waals surface area (Å²) < 4.78 is 0.838. The minimum absolute atomic E-state index is 0.0366. The fourth-order valence-electron chi connectivity index (χ4n) is 1.83. The highest BCUT2D eigenvalue weighted by Crippen LogP contribution is 2.11. The van der Waals surface area contributed by atoms with Crippen molar-refractivity contribution in [2.45, 2.75) is 6.42 Å². The molecule has 1 heterocycles. The number of amides is 1. The minimum Gasteiger partial charge on any atom is -0.508 e. The summed E-state index contributed by atoms with van der Waals surface area (Å²) in [6, 6.07) is 12.1. The van der Waals surface area contributed by atoms with E-state index in [9.17, 15) is 9.90 Å². The maximum atomic E-state index is 12.0. The Morgan fingerprint density at radius 3 is 2.67 bits per heavy atom. The van der Waals surface area contributed by atoms with Crippen LogP contribution in [0.2, 0.25) is 0 Å². The van der Waals surface area contributed by atoms with E-state index in [4.69, 9.17) is 5.26 Å². The van der Waals surface area contributed by atoms with E-state index in [1.165, 1.54) is 6.20 Å². The smallest absolute Gasteiger partial charge is 0.263 e. The number of phenolic OH excluding ortho intramolecular Hbond substituents is 1. The molecule has 0 radical (unpaired) electrons. The number of nitrogens with zero attached hydrogens (tertiary/aromatic N) is 2. The van der Waals surface area contributed by atoms with Crippen molar-refractivity contribution in [2.24, 2.45) is 0 Å². The summed E-state index contributed by atoms with van der Waals surface area (Å²) in [4.78, 5) is 16.1. The molecule has 0 saturated heterocycles. The first kappa shape index (κ1) is 17.5. The van der Waals surface area contributed by atoms with E-state index in [1.807, 2.05) is 6.07 Å². The molecule has 1 amide bonds. The van der Waals surface area contributed by atoms with Crippen LogP contribution in [0, 0.1) is 11.3 Å². The van der Waals surface area contributed by atoms with Crippen LogP contribution in [0.3, 0.4) is 0 Å². The van der Waals surface area contributed by atoms with E-state index in [0.29, 0.717) is 18.8 Å². The monoisotopic (exact) mass is 386 g/mol. The third-order valence-electron chi connectivity index (χ3n) is 3.09. The van der Waals surface area contributed by atoms with Crippen molar-refractivity contribution in [2.75, 3.05) is 11.9 Å². The van der Waals surface area contributed by atoms with Crippen LogP contribution in [0.4, 0.5) is 5.82 Å². The SMILES string of the molecule is N#C/C(=C/Nc1ccc(Br)cn1)C(=O)NCCc1ccc(O)cc1. The van der Waals surface area contributed by atoms with Crippen LogP contribution in [0.1, 0.15) is 5.56 Å². The second kappa shape index (κ2) is 8.70. The van der Waals surface area contributed by atoms with Crippen molar-refractivity contribution in [3.8, 4) is 11.8 Å². The fourth-order valence-corrected chi connectivity index (χ4v) is 2.07. The standard InChI is InChI=1S/C17H15BrN4O2/c18-14-3-6-16(22-11-14)21-10-13(9-19)17(24)20-8-7-12-1-4-15(23)5-2-12/h1-6,10-11,23H,7-8H2,(H,20,24)(H,21,22)/b13-10-. The van der Waals surface area contributed by atoms with Gasteiger partial charge in [-0.25, -0.2) is 4.98 Å². The van der Waals surface area contributed by atoms with Gasteiger partial charge in [0, 0.05) is 23.4 Å². The molecular formula is C17H15BrN4O2. The van der Waals surface area contributed by atoms with Gasteiger partial charge in [-0.3, -0.25) is 4.79 Å². The lowest BCUT2D eigenvalue weighted by Crippen LogP contribution is -2.27. The molecule has 0 saturated carbocycles. The van der Waals surface area contributed by atoms with E-state index >= 15 is 0 Å². The number of pyridine rings is 1. The molecule has 6 nitrogen and oxygen atoms in total. The van der Waals surface area contributed by atoms with Crippen molar-refractivity contribution < 1.29 is 9.90 Å². The zero-order chi connectivity index (χ0) is 17.4. The van der Waals surface area contributed by atoms with Crippen LogP contribution in [0.25, 0.3) is 0 Å². The molecule has 0 aliphatic heterocycles. The number of aromatic hydroxyl groups is 1. The summed E-state index contributed by atoms with van der Waals surface area (Å²) >= 11 is 3.28. The predicted molar refractivity (Wildman–Crippen MR) is 94.1 cm³/mol. The summed E-state index contributed by atoms with van der Waals surface area (Å²) in [7, 11) is 0. The minimum atomic E-state index is -0.458. The molecule has 0 unspecified atom stereocenters. The molecule has 0 aliphatic carbocycles. The summed E-state index contributed by atoms with van der Waals surface area (Å²) in [5.74, 6) is 0.272. The lowest BCUT2D eigenvalue weighted by molar-refractivity contribution is -0.117. The fraction of sp³-hybridized carbons (Fsp3) is 0.118. The van der Waals surface area contributed by atoms with Gasteiger partial charge in [0.15, 0.2) is 0 Å². The average Bonchev–Trinajstić information content (AvgIpc) is 2.59. The molecule has 0 atom stereocenters. The number of anilines is 1. The highest BCUT2D eigenvalue weighted by molar-refractivity contribution is 9.10. The predicted octanol–water partition coefficient (Wildman–Crippen LogP) is 2.73. The van der Waals surface area contributed by atoms with Gasteiger partial charge < -0.3 is 15.7 Å². The Balaban J connectivity index is 1.86. The van der Waals surface area contributed by atoms with Crippen molar-refractivity contribution in [3.63, 3.8) is 0 Å². The molecule has 1 aromatic heterocycles. The Morgan fingerprint density at radius 2 is 2.04 bits per heavy atom. The number of nitrogens with one attached hydrogen (secondary N) is 2. The van der Waals surface area contributed by atoms with Gasteiger partial charge in [-0.15, -0.1) is 0 Å². The molecule has 0 bridgehead atoms. The number of hydrogen-bond donors (Lipinski definition) is 3. The Labute approximate surface area is 148 Å². The average molecular weight is 387 g/mol. The van der Waals surface area contributed by atoms with E-state index in [0.717, 1.165) is 10.0 Å². The Morgan fingerprint density at radius 1 is 1.29 bits per heavy atom. The van der Waals surface area contributed by atoms with Gasteiger partial charge >= 0.3 is 0 Å². The molecule has 2 rings (SSSR count). The van der Waals surface area contributed by atoms with Crippen molar-refractivity contribution in [3.05, 3.63) is 64.4 Å². The lowest BCUT2D eigenvalue weighted by Gasteiger charge is -2.05. The van der Waals surface area contributed by atoms with Gasteiger partial charge in [-0.1, -0.05) is 12.1 Å². The first-order valence-corrected chi connectivity index (χ1v) is 7.92. The van der Waals surface area contributed by atoms with Crippen LogP contribution < -0.4 is 10.6 Å². The van der Waals surface area contributed by atoms with Crippen LogP contribution in [-0.4, -0.2) is 22.5 Å². The zero-order valence-corrected chi connectivity index (χ0v) is 14.2. The van der Waals surface area contributed by atoms with E-state index in [-0.39, 0.29) is 11.3 Å². The summed E-state index contributed by atoms with van der Waals surface area (Å²) in [6.07, 6.45) is 3.54. The first-order chi connectivity index (χ1) is 11.6. The molecule has 0 fully saturated rings. The molecule has 7 heteroatoms. The van der Waals surface area contributed by atoms with Gasteiger partial charge in [0.1, 0.15) is 23.2 Å².